The minimum atomic E-state index is -4.47. The molecular formula is C15H12F2N2O5S. The number of nitro benzene ring substituents is 1. The largest absolute Gasteiger partial charge is 0.274 e. The summed E-state index contributed by atoms with van der Waals surface area (Å²) in [5.74, 6) is -2.52. The van der Waals surface area contributed by atoms with E-state index in [2.05, 4.69) is 0 Å². The lowest BCUT2D eigenvalue weighted by atomic mass is 10.1. The molecule has 0 bridgehead atoms. The molecule has 0 atom stereocenters. The van der Waals surface area contributed by atoms with Crippen molar-refractivity contribution in [3.63, 3.8) is 0 Å². The number of nitrogens with one attached hydrogen (secondary N) is 1. The molecule has 0 aromatic heterocycles. The van der Waals surface area contributed by atoms with E-state index in [1.54, 1.807) is 10.8 Å². The first-order chi connectivity index (χ1) is 11.7. The predicted octanol–water partition coefficient (Wildman–Crippen LogP) is 2.31. The summed E-state index contributed by atoms with van der Waals surface area (Å²) in [7, 11) is -4.47. The van der Waals surface area contributed by atoms with Crippen LogP contribution in [-0.2, 0) is 21.2 Å². The standard InChI is InChI=1S/C15H12F2N2O5S/c16-11-3-1-2-10(6-11)4-5-15(20)18-25(23,24)14-8-12(17)7-13(9-14)19(21)22/h1-3,6-9H,4-5H2,(H,18,20). The molecule has 132 valence electrons. The number of benzene rings is 2. The summed E-state index contributed by atoms with van der Waals surface area (Å²) in [5.41, 5.74) is -0.262. The van der Waals surface area contributed by atoms with Gasteiger partial charge in [0.1, 0.15) is 11.6 Å². The Morgan fingerprint density at radius 3 is 2.48 bits per heavy atom. The van der Waals surface area contributed by atoms with Crippen molar-refractivity contribution >= 4 is 21.6 Å². The highest BCUT2D eigenvalue weighted by Gasteiger charge is 2.22. The van der Waals surface area contributed by atoms with Crippen molar-refractivity contribution in [2.75, 3.05) is 0 Å². The number of hydrogen-bond donors (Lipinski definition) is 1. The molecule has 0 radical (unpaired) electrons. The average Bonchev–Trinajstić information content (AvgIpc) is 2.52. The van der Waals surface area contributed by atoms with Crippen LogP contribution in [0.1, 0.15) is 12.0 Å². The van der Waals surface area contributed by atoms with Crippen molar-refractivity contribution in [1.29, 1.82) is 0 Å². The minimum Gasteiger partial charge on any atom is -0.274 e. The minimum absolute atomic E-state index is 0.0857. The molecule has 2 aromatic rings. The van der Waals surface area contributed by atoms with Crippen LogP contribution in [0.4, 0.5) is 14.5 Å². The molecule has 0 saturated heterocycles. The Kier molecular flexibility index (Phi) is 5.42. The van der Waals surface area contributed by atoms with Crippen LogP contribution < -0.4 is 4.72 Å². The number of non-ortho nitro benzene ring substituents is 1. The molecule has 7 nitrogen and oxygen atoms in total. The van der Waals surface area contributed by atoms with Crippen LogP contribution in [0.25, 0.3) is 0 Å². The van der Waals surface area contributed by atoms with Gasteiger partial charge >= 0.3 is 0 Å². The quantitative estimate of drug-likeness (QED) is 0.620. The zero-order valence-corrected chi connectivity index (χ0v) is 13.4. The van der Waals surface area contributed by atoms with Crippen LogP contribution >= 0.6 is 0 Å². The number of sulfonamides is 1. The molecule has 1 amide bonds. The fourth-order valence-corrected chi connectivity index (χ4v) is 3.08. The summed E-state index contributed by atoms with van der Waals surface area (Å²) < 4.78 is 52.2. The second kappa shape index (κ2) is 7.34. The third kappa shape index (κ3) is 5.05. The van der Waals surface area contributed by atoms with E-state index in [1.165, 1.54) is 18.2 Å². The number of carbonyl (C=O) groups is 1. The van der Waals surface area contributed by atoms with Gasteiger partial charge in [0.25, 0.3) is 15.7 Å². The summed E-state index contributed by atoms with van der Waals surface area (Å²) in [4.78, 5) is 20.8. The molecule has 2 aromatic carbocycles. The fourth-order valence-electron chi connectivity index (χ4n) is 2.02. The average molecular weight is 370 g/mol. The van der Waals surface area contributed by atoms with E-state index in [4.69, 9.17) is 0 Å². The molecule has 0 aliphatic heterocycles. The Bertz CT molecular complexity index is 931. The van der Waals surface area contributed by atoms with E-state index >= 15 is 0 Å². The van der Waals surface area contributed by atoms with Gasteiger partial charge in [0.15, 0.2) is 0 Å². The molecule has 0 aliphatic carbocycles. The van der Waals surface area contributed by atoms with Gasteiger partial charge in [-0.3, -0.25) is 14.9 Å². The van der Waals surface area contributed by atoms with Gasteiger partial charge < -0.3 is 0 Å². The summed E-state index contributed by atoms with van der Waals surface area (Å²) in [5, 5.41) is 10.7. The lowest BCUT2D eigenvalue weighted by Gasteiger charge is -2.07. The molecule has 25 heavy (non-hydrogen) atoms. The van der Waals surface area contributed by atoms with Crippen molar-refractivity contribution in [1.82, 2.24) is 4.72 Å². The summed E-state index contributed by atoms with van der Waals surface area (Å²) in [6.45, 7) is 0. The van der Waals surface area contributed by atoms with Crippen LogP contribution in [0.15, 0.2) is 47.4 Å². The molecule has 0 heterocycles. The normalized spacial score (nSPS) is 11.1. The number of nitro groups is 1. The van der Waals surface area contributed by atoms with Gasteiger partial charge in [-0.25, -0.2) is 21.9 Å². The van der Waals surface area contributed by atoms with Gasteiger partial charge in [0, 0.05) is 12.5 Å². The summed E-state index contributed by atoms with van der Waals surface area (Å²) in [6.07, 6.45) is -0.178. The Hall–Kier alpha value is -2.88. The van der Waals surface area contributed by atoms with Crippen molar-refractivity contribution in [2.24, 2.45) is 0 Å². The van der Waals surface area contributed by atoms with Gasteiger partial charge in [0.05, 0.1) is 15.9 Å². The van der Waals surface area contributed by atoms with E-state index in [-0.39, 0.29) is 12.8 Å². The van der Waals surface area contributed by atoms with Crippen LogP contribution in [-0.4, -0.2) is 19.2 Å². The lowest BCUT2D eigenvalue weighted by molar-refractivity contribution is -0.385. The first-order valence-corrected chi connectivity index (χ1v) is 8.41. The smallest absolute Gasteiger partial charge is 0.273 e. The number of nitrogens with zero attached hydrogens (tertiary/aromatic N) is 1. The van der Waals surface area contributed by atoms with Crippen LogP contribution in [0.2, 0.25) is 0 Å². The number of halogens is 2. The SMILES string of the molecule is O=C(CCc1cccc(F)c1)NS(=O)(=O)c1cc(F)cc([N+](=O)[O-])c1. The van der Waals surface area contributed by atoms with Crippen molar-refractivity contribution in [2.45, 2.75) is 17.7 Å². The Morgan fingerprint density at radius 1 is 1.12 bits per heavy atom. The van der Waals surface area contributed by atoms with Gasteiger partial charge in [-0.05, 0) is 30.2 Å². The molecule has 0 aliphatic rings. The highest BCUT2D eigenvalue weighted by molar-refractivity contribution is 7.90. The number of carbonyl (C=O) groups excluding carboxylic acids is 1. The highest BCUT2D eigenvalue weighted by atomic mass is 32.2. The number of hydrogen-bond acceptors (Lipinski definition) is 5. The molecule has 0 fully saturated rings. The highest BCUT2D eigenvalue weighted by Crippen LogP contribution is 2.20. The van der Waals surface area contributed by atoms with E-state index in [0.29, 0.717) is 23.8 Å². The monoisotopic (exact) mass is 370 g/mol. The third-order valence-corrected chi connectivity index (χ3v) is 4.51. The zero-order chi connectivity index (χ0) is 18.6. The topological polar surface area (TPSA) is 106 Å². The number of rotatable bonds is 6. The number of aryl methyl sites for hydroxylation is 1. The maximum absolute atomic E-state index is 13.3. The Balaban J connectivity index is 2.10. The van der Waals surface area contributed by atoms with Crippen LogP contribution in [0.3, 0.4) is 0 Å². The first kappa shape index (κ1) is 18.5. The maximum Gasteiger partial charge on any atom is 0.273 e. The summed E-state index contributed by atoms with van der Waals surface area (Å²) in [6, 6.07) is 7.22. The first-order valence-electron chi connectivity index (χ1n) is 6.92. The lowest BCUT2D eigenvalue weighted by Crippen LogP contribution is -2.30. The van der Waals surface area contributed by atoms with Gasteiger partial charge in [-0.15, -0.1) is 0 Å². The number of amides is 1. The van der Waals surface area contributed by atoms with Crippen LogP contribution in [0.5, 0.6) is 0 Å². The molecule has 1 N–H and O–H groups in total. The third-order valence-electron chi connectivity index (χ3n) is 3.16. The van der Waals surface area contributed by atoms with Gasteiger partial charge in [-0.1, -0.05) is 12.1 Å². The van der Waals surface area contributed by atoms with Crippen molar-refractivity contribution in [3.05, 3.63) is 69.8 Å². The zero-order valence-electron chi connectivity index (χ0n) is 12.6. The summed E-state index contributed by atoms with van der Waals surface area (Å²) >= 11 is 0. The molecule has 0 spiro atoms. The Morgan fingerprint density at radius 2 is 1.84 bits per heavy atom. The maximum atomic E-state index is 13.3. The van der Waals surface area contributed by atoms with Gasteiger partial charge in [0.2, 0.25) is 5.91 Å². The predicted molar refractivity (Wildman–Crippen MR) is 83.1 cm³/mol. The molecule has 2 rings (SSSR count). The van der Waals surface area contributed by atoms with Crippen molar-refractivity contribution < 1.29 is 26.9 Å². The molecule has 0 unspecified atom stereocenters. The fraction of sp³-hybridized carbons (Fsp3) is 0.133. The van der Waals surface area contributed by atoms with Gasteiger partial charge in [-0.2, -0.15) is 0 Å². The molecule has 10 heteroatoms. The van der Waals surface area contributed by atoms with Crippen molar-refractivity contribution in [3.8, 4) is 0 Å². The van der Waals surface area contributed by atoms with Crippen LogP contribution in [0, 0.1) is 21.7 Å². The van der Waals surface area contributed by atoms with E-state index < -0.39 is 43.1 Å². The molecular weight excluding hydrogens is 358 g/mol. The van der Waals surface area contributed by atoms with E-state index in [1.807, 2.05) is 0 Å². The molecule has 0 saturated carbocycles. The Labute approximate surface area is 141 Å². The van der Waals surface area contributed by atoms with E-state index in [9.17, 15) is 32.1 Å². The second-order valence-corrected chi connectivity index (χ2v) is 6.74. The van der Waals surface area contributed by atoms with E-state index in [0.717, 1.165) is 0 Å². The second-order valence-electron chi connectivity index (χ2n) is 5.06.